The first-order valence-corrected chi connectivity index (χ1v) is 13.4. The molecule has 0 saturated carbocycles. The predicted molar refractivity (Wildman–Crippen MR) is 146 cm³/mol. The van der Waals surface area contributed by atoms with Crippen molar-refractivity contribution in [3.8, 4) is 17.0 Å². The number of nitrogens with zero attached hydrogens (tertiary/aromatic N) is 3. The van der Waals surface area contributed by atoms with Gasteiger partial charge in [-0.15, -0.1) is 0 Å². The normalized spacial score (nSPS) is 12.2. The van der Waals surface area contributed by atoms with Crippen LogP contribution in [0.25, 0.3) is 22.0 Å². The Labute approximate surface area is 224 Å². The Hall–Kier alpha value is -3.96. The third-order valence-corrected chi connectivity index (χ3v) is 8.08. The zero-order valence-corrected chi connectivity index (χ0v) is 22.7. The number of amides is 1. The van der Waals surface area contributed by atoms with Gasteiger partial charge in [-0.2, -0.15) is 0 Å². The number of halogens is 1. The molecule has 2 heterocycles. The van der Waals surface area contributed by atoms with Crippen molar-refractivity contribution in [3.05, 3.63) is 75.9 Å². The van der Waals surface area contributed by atoms with Crippen LogP contribution in [0.4, 0.5) is 5.69 Å². The number of pyridine rings is 1. The van der Waals surface area contributed by atoms with Gasteiger partial charge in [0.2, 0.25) is 11.8 Å². The van der Waals surface area contributed by atoms with Crippen LogP contribution >= 0.6 is 11.6 Å². The number of benzene rings is 2. The largest absolute Gasteiger partial charge is 0.480 e. The molecule has 10 nitrogen and oxygen atoms in total. The summed E-state index contributed by atoms with van der Waals surface area (Å²) in [6, 6.07) is 11.4. The van der Waals surface area contributed by atoms with Gasteiger partial charge >= 0.3 is 0 Å². The molecular weight excluding hydrogens is 530 g/mol. The molecule has 0 aliphatic carbocycles. The first-order valence-electron chi connectivity index (χ1n) is 11.6. The van der Waals surface area contributed by atoms with Gasteiger partial charge in [0.05, 0.1) is 35.3 Å². The number of anilines is 1. The summed E-state index contributed by atoms with van der Waals surface area (Å²) in [4.78, 5) is 33.6. The van der Waals surface area contributed by atoms with E-state index in [1.807, 2.05) is 0 Å². The maximum Gasteiger partial charge on any atom is 0.263 e. The molecular formula is C26H26ClN5O5S. The fraction of sp³-hybridized carbons (Fsp3) is 0.231. The number of hydrogen-bond acceptors (Lipinski definition) is 7. The number of nitrogens with one attached hydrogen (secondary N) is 2. The molecule has 4 rings (SSSR count). The molecule has 0 spiro atoms. The molecule has 1 amide bonds. The van der Waals surface area contributed by atoms with Gasteiger partial charge in [-0.3, -0.25) is 18.9 Å². The minimum atomic E-state index is -4.06. The van der Waals surface area contributed by atoms with E-state index in [1.54, 1.807) is 57.3 Å². The minimum absolute atomic E-state index is 0.0640. The summed E-state index contributed by atoms with van der Waals surface area (Å²) in [6.07, 6.45) is 2.93. The van der Waals surface area contributed by atoms with Crippen molar-refractivity contribution in [2.75, 3.05) is 18.9 Å². The number of carbonyl (C=O) groups excluding carboxylic acids is 1. The number of hydrogen-bond donors (Lipinski definition) is 2. The number of rotatable bonds is 8. The minimum Gasteiger partial charge on any atom is -0.480 e. The molecule has 4 aromatic rings. The molecule has 0 saturated heterocycles. The van der Waals surface area contributed by atoms with Crippen molar-refractivity contribution in [3.63, 3.8) is 0 Å². The first kappa shape index (κ1) is 27.1. The monoisotopic (exact) mass is 555 g/mol. The van der Waals surface area contributed by atoms with Gasteiger partial charge in [-0.1, -0.05) is 36.7 Å². The Bertz CT molecular complexity index is 1700. The molecule has 1 atom stereocenters. The van der Waals surface area contributed by atoms with E-state index in [0.29, 0.717) is 27.6 Å². The summed E-state index contributed by atoms with van der Waals surface area (Å²) in [6.45, 7) is 3.61. The molecule has 0 bridgehead atoms. The second-order valence-corrected chi connectivity index (χ2v) is 10.8. The average Bonchev–Trinajstić information content (AvgIpc) is 2.90. The fourth-order valence-corrected chi connectivity index (χ4v) is 5.60. The van der Waals surface area contributed by atoms with Crippen LogP contribution in [0.5, 0.6) is 5.88 Å². The molecule has 198 valence electrons. The second kappa shape index (κ2) is 10.8. The van der Waals surface area contributed by atoms with E-state index in [1.165, 1.54) is 30.3 Å². The fourth-order valence-electron chi connectivity index (χ4n) is 3.97. The van der Waals surface area contributed by atoms with Crippen molar-refractivity contribution in [1.82, 2.24) is 19.9 Å². The lowest BCUT2D eigenvalue weighted by atomic mass is 10.0. The lowest BCUT2D eigenvalue weighted by Crippen LogP contribution is -2.32. The van der Waals surface area contributed by atoms with E-state index in [4.69, 9.17) is 16.3 Å². The lowest BCUT2D eigenvalue weighted by molar-refractivity contribution is -0.124. The van der Waals surface area contributed by atoms with E-state index in [-0.39, 0.29) is 39.5 Å². The summed E-state index contributed by atoms with van der Waals surface area (Å²) in [5, 5.41) is 3.03. The van der Waals surface area contributed by atoms with Gasteiger partial charge in [0.15, 0.2) is 0 Å². The summed E-state index contributed by atoms with van der Waals surface area (Å²) in [5.41, 5.74) is 2.05. The van der Waals surface area contributed by atoms with Crippen molar-refractivity contribution in [2.24, 2.45) is 5.92 Å². The lowest BCUT2D eigenvalue weighted by Gasteiger charge is -2.14. The van der Waals surface area contributed by atoms with Gasteiger partial charge < -0.3 is 10.1 Å². The van der Waals surface area contributed by atoms with E-state index >= 15 is 0 Å². The van der Waals surface area contributed by atoms with Crippen LogP contribution in [0.15, 0.2) is 64.7 Å². The second-order valence-electron chi connectivity index (χ2n) is 8.72. The van der Waals surface area contributed by atoms with E-state index in [0.717, 1.165) is 0 Å². The van der Waals surface area contributed by atoms with Crippen molar-refractivity contribution in [2.45, 2.75) is 25.3 Å². The molecule has 2 aromatic heterocycles. The summed E-state index contributed by atoms with van der Waals surface area (Å²) in [5.74, 6) is -0.547. The summed E-state index contributed by atoms with van der Waals surface area (Å²) < 4.78 is 35.5. The van der Waals surface area contributed by atoms with E-state index < -0.39 is 15.9 Å². The van der Waals surface area contributed by atoms with Crippen molar-refractivity contribution in [1.29, 1.82) is 0 Å². The van der Waals surface area contributed by atoms with Crippen LogP contribution in [-0.4, -0.2) is 43.0 Å². The van der Waals surface area contributed by atoms with Gasteiger partial charge in [0.25, 0.3) is 15.6 Å². The Morgan fingerprint density at radius 1 is 1.16 bits per heavy atom. The molecule has 2 N–H and O–H groups in total. The van der Waals surface area contributed by atoms with Gasteiger partial charge in [-0.25, -0.2) is 18.4 Å². The number of carbonyl (C=O) groups is 1. The number of fused-ring (bicyclic) bond motifs is 1. The molecule has 38 heavy (non-hydrogen) atoms. The Morgan fingerprint density at radius 3 is 2.63 bits per heavy atom. The molecule has 0 fully saturated rings. The smallest absolute Gasteiger partial charge is 0.263 e. The van der Waals surface area contributed by atoms with Crippen LogP contribution < -0.4 is 20.3 Å². The third-order valence-electron chi connectivity index (χ3n) is 6.06. The molecule has 0 aliphatic rings. The average molecular weight is 556 g/mol. The predicted octanol–water partition coefficient (Wildman–Crippen LogP) is 3.61. The number of aryl methyl sites for hydroxylation is 1. The zero-order chi connectivity index (χ0) is 27.6. The highest BCUT2D eigenvalue weighted by atomic mass is 35.5. The molecule has 0 aliphatic heterocycles. The van der Waals surface area contributed by atoms with Gasteiger partial charge in [0.1, 0.15) is 10.6 Å². The Balaban J connectivity index is 1.74. The van der Waals surface area contributed by atoms with Crippen molar-refractivity contribution >= 4 is 44.1 Å². The van der Waals surface area contributed by atoms with Crippen LogP contribution in [0.3, 0.4) is 0 Å². The summed E-state index contributed by atoms with van der Waals surface area (Å²) in [7, 11) is -1.14. The SMILES string of the molecule is CNC(=O)C(C)Cn1cnc2ccc(-c3cnc(OC)c(NS(=O)(=O)c4cccc(C)c4Cl)c3)cc2c1=O. The quantitative estimate of drug-likeness (QED) is 0.339. The van der Waals surface area contributed by atoms with Crippen LogP contribution in [0, 0.1) is 12.8 Å². The zero-order valence-electron chi connectivity index (χ0n) is 21.1. The highest BCUT2D eigenvalue weighted by Crippen LogP contribution is 2.32. The number of sulfonamides is 1. The van der Waals surface area contributed by atoms with Gasteiger partial charge in [-0.05, 0) is 42.3 Å². The van der Waals surface area contributed by atoms with E-state index in [2.05, 4.69) is 20.0 Å². The molecule has 0 radical (unpaired) electrons. The Morgan fingerprint density at radius 2 is 1.92 bits per heavy atom. The standard InChI is InChI=1S/C26H26ClN5O5S/c1-15-6-5-7-22(23(15)27)38(35,36)31-21-11-18(12-29-25(21)37-4)17-8-9-20-19(10-17)26(34)32(14-30-20)13-16(2)24(33)28-3/h5-12,14,16,31H,13H2,1-4H3,(H,28,33). The van der Waals surface area contributed by atoms with Crippen LogP contribution in [0.1, 0.15) is 12.5 Å². The van der Waals surface area contributed by atoms with Crippen molar-refractivity contribution < 1.29 is 17.9 Å². The number of ether oxygens (including phenoxy) is 1. The number of aromatic nitrogens is 3. The third kappa shape index (κ3) is 5.34. The molecule has 1 unspecified atom stereocenters. The topological polar surface area (TPSA) is 132 Å². The van der Waals surface area contributed by atoms with Gasteiger partial charge in [0, 0.05) is 25.4 Å². The summed E-state index contributed by atoms with van der Waals surface area (Å²) >= 11 is 6.26. The Kier molecular flexibility index (Phi) is 7.70. The van der Waals surface area contributed by atoms with Crippen LogP contribution in [0.2, 0.25) is 5.02 Å². The van der Waals surface area contributed by atoms with E-state index in [9.17, 15) is 18.0 Å². The first-order chi connectivity index (χ1) is 18.1. The molecule has 12 heteroatoms. The number of methoxy groups -OCH3 is 1. The highest BCUT2D eigenvalue weighted by molar-refractivity contribution is 7.92. The molecule has 2 aromatic carbocycles. The maximum absolute atomic E-state index is 13.2. The highest BCUT2D eigenvalue weighted by Gasteiger charge is 2.22. The van der Waals surface area contributed by atoms with Crippen LogP contribution in [-0.2, 0) is 21.4 Å². The maximum atomic E-state index is 13.2.